The minimum atomic E-state index is -1.81. The van der Waals surface area contributed by atoms with Crippen LogP contribution in [0.15, 0.2) is 48.6 Å². The van der Waals surface area contributed by atoms with E-state index in [1.807, 2.05) is 24.3 Å². The highest BCUT2D eigenvalue weighted by atomic mass is 28.4. The minimum Gasteiger partial charge on any atom is -0.410 e. The Hall–Kier alpha value is -1.16. The summed E-state index contributed by atoms with van der Waals surface area (Å²) in [5, 5.41) is 9.10. The number of hydrogen-bond acceptors (Lipinski definition) is 2. The van der Waals surface area contributed by atoms with Gasteiger partial charge in [0.25, 0.3) is 0 Å². The summed E-state index contributed by atoms with van der Waals surface area (Å²) >= 11 is 0. The first kappa shape index (κ1) is 18.9. The highest BCUT2D eigenvalue weighted by molar-refractivity contribution is 6.74. The normalized spacial score (nSPS) is 14.8. The maximum atomic E-state index is 8.91. The van der Waals surface area contributed by atoms with Gasteiger partial charge in [-0.15, -0.1) is 0 Å². The van der Waals surface area contributed by atoms with Crippen molar-refractivity contribution < 1.29 is 9.53 Å². The third-order valence-corrected chi connectivity index (χ3v) is 8.70. The predicted octanol–water partition coefficient (Wildman–Crippen LogP) is 5.03. The van der Waals surface area contributed by atoms with E-state index in [0.717, 1.165) is 6.42 Å². The van der Waals surface area contributed by atoms with Crippen LogP contribution in [0.2, 0.25) is 18.1 Å². The average Bonchev–Trinajstić information content (AvgIpc) is 2.44. The van der Waals surface area contributed by atoms with Gasteiger partial charge in [0, 0.05) is 0 Å². The highest BCUT2D eigenvalue weighted by Crippen LogP contribution is 2.37. The third-order valence-electron chi connectivity index (χ3n) is 4.20. The molecule has 0 radical (unpaired) electrons. The first-order valence-corrected chi connectivity index (χ1v) is 10.8. The van der Waals surface area contributed by atoms with Crippen molar-refractivity contribution in [3.63, 3.8) is 0 Å². The molecule has 122 valence electrons. The number of aliphatic hydroxyl groups is 1. The lowest BCUT2D eigenvalue weighted by Gasteiger charge is -2.38. The Bertz CT molecular complexity index is 484. The van der Waals surface area contributed by atoms with Crippen LogP contribution in [0.5, 0.6) is 0 Å². The van der Waals surface area contributed by atoms with Gasteiger partial charge in [-0.1, -0.05) is 75.4 Å². The Morgan fingerprint density at radius 2 is 1.77 bits per heavy atom. The fourth-order valence-electron chi connectivity index (χ4n) is 1.81. The van der Waals surface area contributed by atoms with Gasteiger partial charge in [0.05, 0.1) is 12.7 Å². The molecule has 22 heavy (non-hydrogen) atoms. The minimum absolute atomic E-state index is 0.0453. The summed E-state index contributed by atoms with van der Waals surface area (Å²) in [6, 6.07) is 10.3. The molecule has 0 aliphatic carbocycles. The Morgan fingerprint density at radius 3 is 2.32 bits per heavy atom. The van der Waals surface area contributed by atoms with Crippen molar-refractivity contribution >= 4 is 14.4 Å². The molecule has 0 spiro atoms. The lowest BCUT2D eigenvalue weighted by Crippen LogP contribution is -2.43. The van der Waals surface area contributed by atoms with Crippen LogP contribution in [0.1, 0.15) is 32.8 Å². The van der Waals surface area contributed by atoms with Gasteiger partial charge in [0.15, 0.2) is 8.32 Å². The average molecular weight is 319 g/mol. The molecule has 1 N–H and O–H groups in total. The molecule has 0 heterocycles. The molecule has 1 aromatic rings. The van der Waals surface area contributed by atoms with E-state index in [0.29, 0.717) is 0 Å². The Kier molecular flexibility index (Phi) is 7.27. The van der Waals surface area contributed by atoms with E-state index in [1.165, 1.54) is 5.56 Å². The largest absolute Gasteiger partial charge is 0.410 e. The van der Waals surface area contributed by atoms with Crippen molar-refractivity contribution in [3.8, 4) is 0 Å². The molecule has 1 atom stereocenters. The molecule has 0 fully saturated rings. The van der Waals surface area contributed by atoms with Crippen LogP contribution in [-0.2, 0) is 4.43 Å². The van der Waals surface area contributed by atoms with E-state index in [2.05, 4.69) is 58.2 Å². The quantitative estimate of drug-likeness (QED) is 0.564. The van der Waals surface area contributed by atoms with Crippen molar-refractivity contribution in [2.24, 2.45) is 0 Å². The first-order chi connectivity index (χ1) is 10.3. The standard InChI is InChI=1S/C19H30O2Si/c1-19(2,3)22(4,5)21-18(13-9-10-16-20)15-14-17-11-7-6-8-12-17/h6-12,14-15,18,20H,13,16H2,1-5H3/b10-9+,15-14+/t18-/m0/s1. The summed E-state index contributed by atoms with van der Waals surface area (Å²) < 4.78 is 6.49. The van der Waals surface area contributed by atoms with Crippen LogP contribution in [0, 0.1) is 0 Å². The van der Waals surface area contributed by atoms with Crippen LogP contribution in [0.25, 0.3) is 6.08 Å². The summed E-state index contributed by atoms with van der Waals surface area (Å²) in [6.45, 7) is 11.4. The highest BCUT2D eigenvalue weighted by Gasteiger charge is 2.38. The summed E-state index contributed by atoms with van der Waals surface area (Å²) in [7, 11) is -1.81. The zero-order valence-corrected chi connectivity index (χ0v) is 15.5. The van der Waals surface area contributed by atoms with Crippen molar-refractivity contribution in [2.75, 3.05) is 6.61 Å². The lowest BCUT2D eigenvalue weighted by atomic mass is 10.1. The SMILES string of the molecule is CC(C)(C)[Si](C)(C)O[C@H](/C=C/c1ccccc1)C/C=C/CO. The molecule has 0 aliphatic heterocycles. The van der Waals surface area contributed by atoms with E-state index in [4.69, 9.17) is 9.53 Å². The van der Waals surface area contributed by atoms with Gasteiger partial charge in [-0.25, -0.2) is 0 Å². The molecule has 0 saturated carbocycles. The van der Waals surface area contributed by atoms with E-state index in [9.17, 15) is 0 Å². The summed E-state index contributed by atoms with van der Waals surface area (Å²) in [5.74, 6) is 0. The molecular weight excluding hydrogens is 288 g/mol. The molecule has 1 rings (SSSR count). The molecule has 2 nitrogen and oxygen atoms in total. The zero-order valence-electron chi connectivity index (χ0n) is 14.5. The Balaban J connectivity index is 2.84. The predicted molar refractivity (Wildman–Crippen MR) is 98.4 cm³/mol. The number of hydrogen-bond donors (Lipinski definition) is 1. The van der Waals surface area contributed by atoms with Gasteiger partial charge in [0.1, 0.15) is 0 Å². The van der Waals surface area contributed by atoms with Crippen molar-refractivity contribution in [1.82, 2.24) is 0 Å². The Morgan fingerprint density at radius 1 is 1.14 bits per heavy atom. The molecule has 3 heteroatoms. The fourth-order valence-corrected chi connectivity index (χ4v) is 3.09. The van der Waals surface area contributed by atoms with Gasteiger partial charge >= 0.3 is 0 Å². The second kappa shape index (κ2) is 8.46. The van der Waals surface area contributed by atoms with E-state index < -0.39 is 8.32 Å². The van der Waals surface area contributed by atoms with E-state index in [-0.39, 0.29) is 17.7 Å². The van der Waals surface area contributed by atoms with Gasteiger partial charge < -0.3 is 9.53 Å². The second-order valence-electron chi connectivity index (χ2n) is 7.08. The second-order valence-corrected chi connectivity index (χ2v) is 11.8. The van der Waals surface area contributed by atoms with Gasteiger partial charge in [0.2, 0.25) is 0 Å². The monoisotopic (exact) mass is 318 g/mol. The van der Waals surface area contributed by atoms with Crippen molar-refractivity contribution in [3.05, 3.63) is 54.1 Å². The van der Waals surface area contributed by atoms with Crippen molar-refractivity contribution in [2.45, 2.75) is 51.4 Å². The first-order valence-electron chi connectivity index (χ1n) is 7.93. The number of benzene rings is 1. The Labute approximate surface area is 136 Å². The molecule has 0 amide bonds. The third kappa shape index (κ3) is 6.30. The molecule has 1 aromatic carbocycles. The zero-order chi connectivity index (χ0) is 16.6. The smallest absolute Gasteiger partial charge is 0.192 e. The van der Waals surface area contributed by atoms with Crippen molar-refractivity contribution in [1.29, 1.82) is 0 Å². The molecule has 0 saturated heterocycles. The summed E-state index contributed by atoms with van der Waals surface area (Å²) in [4.78, 5) is 0. The van der Waals surface area contributed by atoms with Gasteiger partial charge in [-0.05, 0) is 30.1 Å². The van der Waals surface area contributed by atoms with Gasteiger partial charge in [-0.3, -0.25) is 0 Å². The number of rotatable bonds is 7. The molecule has 0 bridgehead atoms. The topological polar surface area (TPSA) is 29.5 Å². The fraction of sp³-hybridized carbons (Fsp3) is 0.474. The van der Waals surface area contributed by atoms with Gasteiger partial charge in [-0.2, -0.15) is 0 Å². The van der Waals surface area contributed by atoms with E-state index >= 15 is 0 Å². The number of aliphatic hydroxyl groups excluding tert-OH is 1. The van der Waals surface area contributed by atoms with Crippen LogP contribution in [-0.4, -0.2) is 26.1 Å². The van der Waals surface area contributed by atoms with E-state index in [1.54, 1.807) is 6.08 Å². The van der Waals surface area contributed by atoms with Crippen LogP contribution >= 0.6 is 0 Å². The van der Waals surface area contributed by atoms with Crippen LogP contribution in [0.4, 0.5) is 0 Å². The maximum Gasteiger partial charge on any atom is 0.192 e. The summed E-state index contributed by atoms with van der Waals surface area (Å²) in [5.41, 5.74) is 1.18. The van der Waals surface area contributed by atoms with Crippen LogP contribution in [0.3, 0.4) is 0 Å². The lowest BCUT2D eigenvalue weighted by molar-refractivity contribution is 0.228. The van der Waals surface area contributed by atoms with Crippen LogP contribution < -0.4 is 0 Å². The summed E-state index contributed by atoms with van der Waals surface area (Å²) in [6.07, 6.45) is 8.85. The molecule has 0 unspecified atom stereocenters. The molecule has 0 aromatic heterocycles. The molecule has 0 aliphatic rings. The maximum absolute atomic E-state index is 8.91. The molecular formula is C19H30O2Si.